The van der Waals surface area contributed by atoms with E-state index in [1.807, 2.05) is 0 Å². The highest BCUT2D eigenvalue weighted by Gasteiger charge is 2.12. The van der Waals surface area contributed by atoms with Crippen molar-refractivity contribution in [2.75, 3.05) is 5.88 Å². The molecule has 0 spiro atoms. The molecule has 1 unspecified atom stereocenters. The average Bonchev–Trinajstić information content (AvgIpc) is 2.41. The topological polar surface area (TPSA) is 0 Å². The molecule has 1 atom stereocenters. The quantitative estimate of drug-likeness (QED) is 0.682. The van der Waals surface area contributed by atoms with Gasteiger partial charge in [-0.05, 0) is 41.8 Å². The fourth-order valence-electron chi connectivity index (χ4n) is 1.95. The monoisotopic (exact) mass is 300 g/mol. The molecule has 2 rings (SSSR count). The Balaban J connectivity index is 2.18. The Morgan fingerprint density at radius 2 is 1.68 bits per heavy atom. The molecule has 0 aromatic heterocycles. The van der Waals surface area contributed by atoms with Gasteiger partial charge in [0.15, 0.2) is 0 Å². The standard InChI is InChI=1S/C15H12Cl2F2/c16-9-12(11-2-4-13(18)5-3-11)7-10-1-6-14(17)15(19)8-10/h1-6,8,12H,7,9H2. The largest absolute Gasteiger partial charge is 0.207 e. The first kappa shape index (κ1) is 14.3. The lowest BCUT2D eigenvalue weighted by Gasteiger charge is -2.14. The summed E-state index contributed by atoms with van der Waals surface area (Å²) in [5, 5.41) is 0.105. The minimum absolute atomic E-state index is 0.0165. The Bertz CT molecular complexity index is 553. The fraction of sp³-hybridized carbons (Fsp3) is 0.200. The van der Waals surface area contributed by atoms with Crippen LogP contribution >= 0.6 is 23.2 Å². The summed E-state index contributed by atoms with van der Waals surface area (Å²) < 4.78 is 26.3. The first-order chi connectivity index (χ1) is 9.10. The maximum Gasteiger partial charge on any atom is 0.142 e. The smallest absolute Gasteiger partial charge is 0.142 e. The van der Waals surface area contributed by atoms with Crippen LogP contribution in [0.3, 0.4) is 0 Å². The van der Waals surface area contributed by atoms with E-state index >= 15 is 0 Å². The zero-order valence-electron chi connectivity index (χ0n) is 10.0. The highest BCUT2D eigenvalue weighted by atomic mass is 35.5. The van der Waals surface area contributed by atoms with Crippen molar-refractivity contribution in [3.05, 3.63) is 70.2 Å². The number of rotatable bonds is 4. The average molecular weight is 301 g/mol. The SMILES string of the molecule is Fc1ccc(C(CCl)Cc2ccc(Cl)c(F)c2)cc1. The van der Waals surface area contributed by atoms with Crippen LogP contribution in [0, 0.1) is 11.6 Å². The van der Waals surface area contributed by atoms with Gasteiger partial charge in [-0.1, -0.05) is 29.8 Å². The van der Waals surface area contributed by atoms with Crippen molar-refractivity contribution in [2.24, 2.45) is 0 Å². The van der Waals surface area contributed by atoms with Gasteiger partial charge in [0.1, 0.15) is 11.6 Å². The van der Waals surface area contributed by atoms with Gasteiger partial charge in [0.05, 0.1) is 5.02 Å². The summed E-state index contributed by atoms with van der Waals surface area (Å²) in [6, 6.07) is 10.9. The molecule has 0 aliphatic heterocycles. The summed E-state index contributed by atoms with van der Waals surface area (Å²) in [6.45, 7) is 0. The molecule has 0 nitrogen and oxygen atoms in total. The molecule has 0 saturated heterocycles. The van der Waals surface area contributed by atoms with Crippen molar-refractivity contribution < 1.29 is 8.78 Å². The molecule has 2 aromatic carbocycles. The predicted octanol–water partition coefficient (Wildman–Crippen LogP) is 5.18. The van der Waals surface area contributed by atoms with Gasteiger partial charge in [0, 0.05) is 11.8 Å². The van der Waals surface area contributed by atoms with Crippen LogP contribution in [0.5, 0.6) is 0 Å². The molecule has 19 heavy (non-hydrogen) atoms. The van der Waals surface area contributed by atoms with Crippen LogP contribution in [0.1, 0.15) is 17.0 Å². The van der Waals surface area contributed by atoms with E-state index in [4.69, 9.17) is 23.2 Å². The third-order valence-electron chi connectivity index (χ3n) is 2.99. The van der Waals surface area contributed by atoms with E-state index in [9.17, 15) is 8.78 Å². The second-order valence-corrected chi connectivity index (χ2v) is 5.07. The van der Waals surface area contributed by atoms with Gasteiger partial charge in [-0.3, -0.25) is 0 Å². The molecule has 0 saturated carbocycles. The van der Waals surface area contributed by atoms with E-state index in [0.29, 0.717) is 12.3 Å². The van der Waals surface area contributed by atoms with Crippen LogP contribution in [0.4, 0.5) is 8.78 Å². The Labute approximate surface area is 121 Å². The summed E-state index contributed by atoms with van der Waals surface area (Å²) in [5.41, 5.74) is 1.75. The van der Waals surface area contributed by atoms with Crippen molar-refractivity contribution in [3.63, 3.8) is 0 Å². The molecule has 0 fully saturated rings. The summed E-state index contributed by atoms with van der Waals surface area (Å²) >= 11 is 11.6. The maximum atomic E-state index is 13.4. The van der Waals surface area contributed by atoms with Crippen molar-refractivity contribution in [1.82, 2.24) is 0 Å². The van der Waals surface area contributed by atoms with E-state index in [-0.39, 0.29) is 16.8 Å². The zero-order valence-corrected chi connectivity index (χ0v) is 11.6. The predicted molar refractivity (Wildman–Crippen MR) is 75.0 cm³/mol. The van der Waals surface area contributed by atoms with Crippen molar-refractivity contribution in [3.8, 4) is 0 Å². The van der Waals surface area contributed by atoms with Crippen LogP contribution in [0.2, 0.25) is 5.02 Å². The number of benzene rings is 2. The summed E-state index contributed by atoms with van der Waals surface area (Å²) in [5.74, 6) is -0.320. The summed E-state index contributed by atoms with van der Waals surface area (Å²) in [6.07, 6.45) is 0.587. The summed E-state index contributed by atoms with van der Waals surface area (Å²) in [4.78, 5) is 0. The molecule has 0 bridgehead atoms. The molecular weight excluding hydrogens is 289 g/mol. The molecule has 0 N–H and O–H groups in total. The van der Waals surface area contributed by atoms with Gasteiger partial charge in [-0.15, -0.1) is 11.6 Å². The number of alkyl halides is 1. The molecular formula is C15H12Cl2F2. The molecule has 4 heteroatoms. The fourth-order valence-corrected chi connectivity index (χ4v) is 2.35. The molecule has 0 amide bonds. The lowest BCUT2D eigenvalue weighted by molar-refractivity contribution is 0.622. The summed E-state index contributed by atoms with van der Waals surface area (Å²) in [7, 11) is 0. The van der Waals surface area contributed by atoms with Crippen LogP contribution in [0.15, 0.2) is 42.5 Å². The van der Waals surface area contributed by atoms with E-state index in [1.54, 1.807) is 18.2 Å². The van der Waals surface area contributed by atoms with E-state index in [2.05, 4.69) is 0 Å². The van der Waals surface area contributed by atoms with Gasteiger partial charge in [-0.2, -0.15) is 0 Å². The Morgan fingerprint density at radius 3 is 2.26 bits per heavy atom. The van der Waals surface area contributed by atoms with Crippen molar-refractivity contribution in [1.29, 1.82) is 0 Å². The van der Waals surface area contributed by atoms with E-state index in [0.717, 1.165) is 11.1 Å². The van der Waals surface area contributed by atoms with E-state index in [1.165, 1.54) is 24.3 Å². The first-order valence-corrected chi connectivity index (χ1v) is 6.76. The second-order valence-electron chi connectivity index (χ2n) is 4.36. The Morgan fingerprint density at radius 1 is 1.00 bits per heavy atom. The molecule has 100 valence electrons. The van der Waals surface area contributed by atoms with Gasteiger partial charge in [0.2, 0.25) is 0 Å². The Kier molecular flexibility index (Phi) is 4.78. The molecule has 0 heterocycles. The van der Waals surface area contributed by atoms with Crippen molar-refractivity contribution in [2.45, 2.75) is 12.3 Å². The second kappa shape index (κ2) is 6.36. The maximum absolute atomic E-state index is 13.4. The molecule has 0 aliphatic rings. The van der Waals surface area contributed by atoms with Gasteiger partial charge < -0.3 is 0 Å². The normalized spacial score (nSPS) is 12.4. The van der Waals surface area contributed by atoms with E-state index < -0.39 is 5.82 Å². The number of hydrogen-bond acceptors (Lipinski definition) is 0. The van der Waals surface area contributed by atoms with Gasteiger partial charge in [0.25, 0.3) is 0 Å². The van der Waals surface area contributed by atoms with Gasteiger partial charge >= 0.3 is 0 Å². The van der Waals surface area contributed by atoms with Crippen LogP contribution in [-0.2, 0) is 6.42 Å². The number of halogens is 4. The first-order valence-electron chi connectivity index (χ1n) is 5.85. The highest BCUT2D eigenvalue weighted by Crippen LogP contribution is 2.24. The highest BCUT2D eigenvalue weighted by molar-refractivity contribution is 6.30. The van der Waals surface area contributed by atoms with Crippen LogP contribution in [-0.4, -0.2) is 5.88 Å². The van der Waals surface area contributed by atoms with Gasteiger partial charge in [-0.25, -0.2) is 8.78 Å². The zero-order chi connectivity index (χ0) is 13.8. The number of hydrogen-bond donors (Lipinski definition) is 0. The molecule has 0 radical (unpaired) electrons. The lowest BCUT2D eigenvalue weighted by atomic mass is 9.93. The molecule has 0 aliphatic carbocycles. The molecule has 2 aromatic rings. The minimum atomic E-state index is -0.438. The van der Waals surface area contributed by atoms with Crippen LogP contribution in [0.25, 0.3) is 0 Å². The van der Waals surface area contributed by atoms with Crippen LogP contribution < -0.4 is 0 Å². The minimum Gasteiger partial charge on any atom is -0.207 e. The lowest BCUT2D eigenvalue weighted by Crippen LogP contribution is -2.05. The Hall–Kier alpha value is -1.12. The van der Waals surface area contributed by atoms with Crippen molar-refractivity contribution >= 4 is 23.2 Å². The third kappa shape index (κ3) is 3.68. The third-order valence-corrected chi connectivity index (χ3v) is 3.67.